The first-order valence-electron chi connectivity index (χ1n) is 4.21. The van der Waals surface area contributed by atoms with Gasteiger partial charge in [-0.2, -0.15) is 0 Å². The zero-order valence-corrected chi connectivity index (χ0v) is 7.97. The number of nitrogens with one attached hydrogen (secondary N) is 1. The molecule has 0 saturated carbocycles. The van der Waals surface area contributed by atoms with Crippen LogP contribution < -0.4 is 0 Å². The predicted molar refractivity (Wildman–Crippen MR) is 56.7 cm³/mol. The van der Waals surface area contributed by atoms with Gasteiger partial charge in [-0.1, -0.05) is 12.1 Å². The summed E-state index contributed by atoms with van der Waals surface area (Å²) in [5.74, 6) is 0. The van der Waals surface area contributed by atoms with E-state index in [0.717, 1.165) is 22.0 Å². The molecule has 3 nitrogen and oxygen atoms in total. The average Bonchev–Trinajstić information content (AvgIpc) is 2.59. The van der Waals surface area contributed by atoms with Crippen LogP contribution in [0, 0.1) is 4.84 Å². The standard InChI is InChI=1S/C10H6N2OS/c14-10-12-8-5-11-7-4-2-1-3-6(7)9(8)13-10/h1-5H,(H,12,14). The van der Waals surface area contributed by atoms with E-state index in [0.29, 0.717) is 4.84 Å². The molecule has 1 N–H and O–H groups in total. The van der Waals surface area contributed by atoms with Crippen molar-refractivity contribution in [3.63, 3.8) is 0 Å². The molecule has 0 aliphatic carbocycles. The summed E-state index contributed by atoms with van der Waals surface area (Å²) in [6.07, 6.45) is 1.73. The van der Waals surface area contributed by atoms with Crippen molar-refractivity contribution in [1.82, 2.24) is 9.97 Å². The Kier molecular flexibility index (Phi) is 1.46. The first kappa shape index (κ1) is 7.70. The molecule has 0 atom stereocenters. The minimum atomic E-state index is 0.387. The Bertz CT molecular complexity index is 668. The minimum Gasteiger partial charge on any atom is -0.429 e. The van der Waals surface area contributed by atoms with Gasteiger partial charge >= 0.3 is 0 Å². The van der Waals surface area contributed by atoms with Gasteiger partial charge in [-0.3, -0.25) is 4.98 Å². The highest BCUT2D eigenvalue weighted by Crippen LogP contribution is 2.22. The summed E-state index contributed by atoms with van der Waals surface area (Å²) < 4.78 is 5.40. The van der Waals surface area contributed by atoms with Crippen molar-refractivity contribution in [2.75, 3.05) is 0 Å². The molecule has 0 bridgehead atoms. The van der Waals surface area contributed by atoms with Gasteiger partial charge in [-0.25, -0.2) is 0 Å². The third-order valence-electron chi connectivity index (χ3n) is 2.16. The van der Waals surface area contributed by atoms with E-state index in [1.165, 1.54) is 0 Å². The molecule has 4 heteroatoms. The minimum absolute atomic E-state index is 0.387. The lowest BCUT2D eigenvalue weighted by Gasteiger charge is -1.94. The number of benzene rings is 1. The number of fused-ring (bicyclic) bond motifs is 3. The summed E-state index contributed by atoms with van der Waals surface area (Å²) in [6, 6.07) is 7.81. The van der Waals surface area contributed by atoms with E-state index in [2.05, 4.69) is 9.97 Å². The van der Waals surface area contributed by atoms with Crippen molar-refractivity contribution in [2.45, 2.75) is 0 Å². The molecule has 0 amide bonds. The monoisotopic (exact) mass is 202 g/mol. The second-order valence-corrected chi connectivity index (χ2v) is 3.40. The van der Waals surface area contributed by atoms with Crippen molar-refractivity contribution >= 4 is 34.2 Å². The van der Waals surface area contributed by atoms with E-state index >= 15 is 0 Å². The molecule has 0 radical (unpaired) electrons. The van der Waals surface area contributed by atoms with E-state index in [1.807, 2.05) is 24.3 Å². The molecule has 2 heterocycles. The molecular formula is C10H6N2OS. The molecule has 3 rings (SSSR count). The molecule has 3 aromatic rings. The molecule has 14 heavy (non-hydrogen) atoms. The second kappa shape index (κ2) is 2.65. The number of H-pyrrole nitrogens is 1. The number of rotatable bonds is 0. The zero-order chi connectivity index (χ0) is 9.54. The summed E-state index contributed by atoms with van der Waals surface area (Å²) >= 11 is 4.93. The van der Waals surface area contributed by atoms with Crippen LogP contribution in [-0.4, -0.2) is 9.97 Å². The number of pyridine rings is 1. The van der Waals surface area contributed by atoms with Crippen LogP contribution in [-0.2, 0) is 0 Å². The third-order valence-corrected chi connectivity index (χ3v) is 2.34. The zero-order valence-electron chi connectivity index (χ0n) is 7.15. The van der Waals surface area contributed by atoms with Gasteiger partial charge < -0.3 is 9.40 Å². The fraction of sp³-hybridized carbons (Fsp3) is 0. The lowest BCUT2D eigenvalue weighted by Crippen LogP contribution is -1.78. The quantitative estimate of drug-likeness (QED) is 0.570. The van der Waals surface area contributed by atoms with Gasteiger partial charge in [-0.05, 0) is 24.4 Å². The molecular weight excluding hydrogens is 196 g/mol. The van der Waals surface area contributed by atoms with E-state index in [-0.39, 0.29) is 0 Å². The molecule has 0 saturated heterocycles. The Morgan fingerprint density at radius 1 is 1.29 bits per heavy atom. The molecule has 0 fully saturated rings. The number of oxazole rings is 1. The molecule has 0 aliphatic rings. The first-order valence-corrected chi connectivity index (χ1v) is 4.62. The molecule has 0 spiro atoms. The van der Waals surface area contributed by atoms with Crippen LogP contribution in [0.1, 0.15) is 0 Å². The Morgan fingerprint density at radius 2 is 2.14 bits per heavy atom. The summed E-state index contributed by atoms with van der Waals surface area (Å²) in [4.78, 5) is 7.61. The van der Waals surface area contributed by atoms with Gasteiger partial charge in [0.05, 0.1) is 11.7 Å². The van der Waals surface area contributed by atoms with Crippen LogP contribution in [0.2, 0.25) is 0 Å². The summed E-state index contributed by atoms with van der Waals surface area (Å²) in [5, 5.41) is 0.984. The number of para-hydroxylation sites is 1. The molecule has 1 aromatic carbocycles. The van der Waals surface area contributed by atoms with Gasteiger partial charge in [0.25, 0.3) is 4.84 Å². The Balaban J connectivity index is 2.66. The van der Waals surface area contributed by atoms with Crippen LogP contribution in [0.4, 0.5) is 0 Å². The lowest BCUT2D eigenvalue weighted by molar-refractivity contribution is 0.586. The molecule has 0 aliphatic heterocycles. The van der Waals surface area contributed by atoms with Gasteiger partial charge in [0.2, 0.25) is 0 Å². The highest BCUT2D eigenvalue weighted by Gasteiger charge is 2.04. The van der Waals surface area contributed by atoms with E-state index < -0.39 is 0 Å². The van der Waals surface area contributed by atoms with Gasteiger partial charge in [-0.15, -0.1) is 0 Å². The smallest absolute Gasteiger partial charge is 0.266 e. The van der Waals surface area contributed by atoms with Crippen LogP contribution >= 0.6 is 12.2 Å². The number of aromatic nitrogens is 2. The van der Waals surface area contributed by atoms with Crippen LogP contribution in [0.25, 0.3) is 22.0 Å². The topological polar surface area (TPSA) is 41.8 Å². The SMILES string of the molecule is S=c1[nH]c2cnc3ccccc3c2o1. The van der Waals surface area contributed by atoms with Crippen LogP contribution in [0.3, 0.4) is 0 Å². The summed E-state index contributed by atoms with van der Waals surface area (Å²) in [6.45, 7) is 0. The molecule has 0 unspecified atom stereocenters. The first-order chi connectivity index (χ1) is 6.84. The Labute approximate surface area is 84.4 Å². The molecule has 2 aromatic heterocycles. The number of aromatic amines is 1. The fourth-order valence-corrected chi connectivity index (χ4v) is 1.74. The fourth-order valence-electron chi connectivity index (χ4n) is 1.54. The maximum absolute atomic E-state index is 5.40. The van der Waals surface area contributed by atoms with Crippen molar-refractivity contribution in [1.29, 1.82) is 0 Å². The maximum atomic E-state index is 5.40. The maximum Gasteiger partial charge on any atom is 0.266 e. The van der Waals surface area contributed by atoms with Crippen LogP contribution in [0.5, 0.6) is 0 Å². The van der Waals surface area contributed by atoms with Crippen molar-refractivity contribution in [2.24, 2.45) is 0 Å². The van der Waals surface area contributed by atoms with Gasteiger partial charge in [0, 0.05) is 5.39 Å². The normalized spacial score (nSPS) is 11.1. The lowest BCUT2D eigenvalue weighted by atomic mass is 10.2. The van der Waals surface area contributed by atoms with Crippen LogP contribution in [0.15, 0.2) is 34.9 Å². The van der Waals surface area contributed by atoms with Crippen molar-refractivity contribution in [3.05, 3.63) is 35.3 Å². The Hall–Kier alpha value is -1.68. The predicted octanol–water partition coefficient (Wildman–Crippen LogP) is 3.04. The molecule has 68 valence electrons. The summed E-state index contributed by atoms with van der Waals surface area (Å²) in [5.41, 5.74) is 2.53. The van der Waals surface area contributed by atoms with Crippen molar-refractivity contribution in [3.8, 4) is 0 Å². The number of hydrogen-bond donors (Lipinski definition) is 1. The van der Waals surface area contributed by atoms with Gasteiger partial charge in [0.15, 0.2) is 5.58 Å². The number of hydrogen-bond acceptors (Lipinski definition) is 3. The van der Waals surface area contributed by atoms with Gasteiger partial charge in [0.1, 0.15) is 5.52 Å². The number of nitrogens with zero attached hydrogens (tertiary/aromatic N) is 1. The van der Waals surface area contributed by atoms with E-state index in [9.17, 15) is 0 Å². The van der Waals surface area contributed by atoms with E-state index in [1.54, 1.807) is 6.20 Å². The average molecular weight is 202 g/mol. The second-order valence-electron chi connectivity index (χ2n) is 3.03. The highest BCUT2D eigenvalue weighted by molar-refractivity contribution is 7.71. The Morgan fingerprint density at radius 3 is 3.07 bits per heavy atom. The summed E-state index contributed by atoms with van der Waals surface area (Å²) in [7, 11) is 0. The van der Waals surface area contributed by atoms with E-state index in [4.69, 9.17) is 16.6 Å². The largest absolute Gasteiger partial charge is 0.429 e. The third kappa shape index (κ3) is 0.975. The van der Waals surface area contributed by atoms with Crippen molar-refractivity contribution < 1.29 is 4.42 Å². The highest BCUT2D eigenvalue weighted by atomic mass is 32.1.